The van der Waals surface area contributed by atoms with Crippen molar-refractivity contribution in [1.82, 2.24) is 15.0 Å². The molecule has 1 saturated heterocycles. The van der Waals surface area contributed by atoms with Gasteiger partial charge in [0.15, 0.2) is 5.82 Å². The van der Waals surface area contributed by atoms with Gasteiger partial charge in [0.05, 0.1) is 6.54 Å². The molecule has 2 rings (SSSR count). The van der Waals surface area contributed by atoms with Gasteiger partial charge in [-0.1, -0.05) is 12.1 Å². The summed E-state index contributed by atoms with van der Waals surface area (Å²) in [4.78, 5) is 17.5. The molecule has 0 aliphatic carbocycles. The van der Waals surface area contributed by atoms with Gasteiger partial charge >= 0.3 is 5.97 Å². The molecule has 0 spiro atoms. The van der Waals surface area contributed by atoms with Crippen molar-refractivity contribution < 1.29 is 14.4 Å². The number of aliphatic carboxylic acids is 1. The maximum atomic E-state index is 11.5. The molecule has 17 heavy (non-hydrogen) atoms. The molecule has 1 aliphatic rings. The van der Waals surface area contributed by atoms with Crippen LogP contribution in [0.15, 0.2) is 4.52 Å². The lowest BCUT2D eigenvalue weighted by atomic mass is 9.93. The van der Waals surface area contributed by atoms with Crippen LogP contribution in [0.5, 0.6) is 0 Å². The Morgan fingerprint density at radius 2 is 2.41 bits per heavy atom. The van der Waals surface area contributed by atoms with Crippen molar-refractivity contribution >= 4 is 5.97 Å². The third kappa shape index (κ3) is 2.04. The first-order valence-electron chi connectivity index (χ1n) is 5.86. The topological polar surface area (TPSA) is 79.5 Å². The van der Waals surface area contributed by atoms with Crippen molar-refractivity contribution in [1.29, 1.82) is 0 Å². The zero-order chi connectivity index (χ0) is 12.5. The molecule has 1 aliphatic heterocycles. The Kier molecular flexibility index (Phi) is 3.15. The molecule has 1 N–H and O–H groups in total. The van der Waals surface area contributed by atoms with Gasteiger partial charge in [0.1, 0.15) is 5.54 Å². The molecule has 1 unspecified atom stereocenters. The molecule has 0 aromatic carbocycles. The minimum Gasteiger partial charge on any atom is -0.480 e. The molecule has 6 heteroatoms. The number of rotatable bonds is 4. The van der Waals surface area contributed by atoms with Gasteiger partial charge in [-0.3, -0.25) is 9.69 Å². The van der Waals surface area contributed by atoms with Crippen LogP contribution in [0.3, 0.4) is 0 Å². The van der Waals surface area contributed by atoms with E-state index in [4.69, 9.17) is 4.52 Å². The highest BCUT2D eigenvalue weighted by Gasteiger charge is 2.46. The summed E-state index contributed by atoms with van der Waals surface area (Å²) in [6, 6.07) is 0. The van der Waals surface area contributed by atoms with Crippen LogP contribution in [-0.4, -0.2) is 38.2 Å². The van der Waals surface area contributed by atoms with Crippen LogP contribution >= 0.6 is 0 Å². The second-order valence-electron chi connectivity index (χ2n) is 4.45. The number of carbonyl (C=O) groups is 1. The van der Waals surface area contributed by atoms with Crippen LogP contribution in [0, 0.1) is 6.92 Å². The molecule has 1 atom stereocenters. The molecule has 94 valence electrons. The highest BCUT2D eigenvalue weighted by atomic mass is 16.5. The highest BCUT2D eigenvalue weighted by Crippen LogP contribution is 2.33. The van der Waals surface area contributed by atoms with E-state index in [1.165, 1.54) is 0 Å². The third-order valence-electron chi connectivity index (χ3n) is 3.50. The first-order valence-corrected chi connectivity index (χ1v) is 5.86. The summed E-state index contributed by atoms with van der Waals surface area (Å²) >= 11 is 0. The summed E-state index contributed by atoms with van der Waals surface area (Å²) in [5.74, 6) is 0.314. The highest BCUT2D eigenvalue weighted by molar-refractivity contribution is 5.79. The lowest BCUT2D eigenvalue weighted by Crippen LogP contribution is -2.49. The van der Waals surface area contributed by atoms with E-state index in [0.29, 0.717) is 31.1 Å². The van der Waals surface area contributed by atoms with E-state index in [2.05, 4.69) is 10.1 Å². The number of carboxylic acid groups (broad SMARTS) is 1. The van der Waals surface area contributed by atoms with Crippen molar-refractivity contribution in [2.75, 3.05) is 6.54 Å². The fourth-order valence-corrected chi connectivity index (χ4v) is 2.53. The van der Waals surface area contributed by atoms with Gasteiger partial charge in [-0.15, -0.1) is 0 Å². The molecular formula is C11H17N3O3. The van der Waals surface area contributed by atoms with E-state index in [1.54, 1.807) is 6.92 Å². The minimum atomic E-state index is -0.762. The van der Waals surface area contributed by atoms with Crippen LogP contribution in [0.4, 0.5) is 0 Å². The van der Waals surface area contributed by atoms with E-state index in [1.807, 2.05) is 11.8 Å². The van der Waals surface area contributed by atoms with E-state index >= 15 is 0 Å². The van der Waals surface area contributed by atoms with E-state index in [0.717, 1.165) is 13.0 Å². The molecule has 0 amide bonds. The average Bonchev–Trinajstić information content (AvgIpc) is 2.86. The first-order chi connectivity index (χ1) is 8.08. The zero-order valence-corrected chi connectivity index (χ0v) is 10.1. The van der Waals surface area contributed by atoms with Gasteiger partial charge in [-0.25, -0.2) is 0 Å². The Balaban J connectivity index is 2.17. The fraction of sp³-hybridized carbons (Fsp3) is 0.727. The molecule has 2 heterocycles. The summed E-state index contributed by atoms with van der Waals surface area (Å²) in [6.07, 6.45) is 2.18. The number of aryl methyl sites for hydroxylation is 1. The van der Waals surface area contributed by atoms with Crippen LogP contribution in [-0.2, 0) is 11.3 Å². The van der Waals surface area contributed by atoms with Crippen LogP contribution in [0.2, 0.25) is 0 Å². The summed E-state index contributed by atoms with van der Waals surface area (Å²) in [7, 11) is 0. The maximum absolute atomic E-state index is 11.5. The van der Waals surface area contributed by atoms with E-state index in [9.17, 15) is 9.90 Å². The lowest BCUT2D eigenvalue weighted by molar-refractivity contribution is -0.150. The zero-order valence-electron chi connectivity index (χ0n) is 10.1. The first kappa shape index (κ1) is 12.0. The predicted molar refractivity (Wildman–Crippen MR) is 59.3 cm³/mol. The van der Waals surface area contributed by atoms with Crippen molar-refractivity contribution in [2.24, 2.45) is 0 Å². The number of aromatic nitrogens is 2. The number of hydrogen-bond acceptors (Lipinski definition) is 5. The summed E-state index contributed by atoms with van der Waals surface area (Å²) < 4.78 is 5.05. The lowest BCUT2D eigenvalue weighted by Gasteiger charge is -2.32. The average molecular weight is 239 g/mol. The minimum absolute atomic E-state index is 0.418. The third-order valence-corrected chi connectivity index (χ3v) is 3.50. The molecule has 1 fully saturated rings. The largest absolute Gasteiger partial charge is 0.480 e. The standard InChI is InChI=1S/C11H17N3O3/c1-3-11(10(15)16)5-4-6-14(11)7-9-12-8(2)13-17-9/h3-7H2,1-2H3,(H,15,16). The summed E-state index contributed by atoms with van der Waals surface area (Å²) in [5.41, 5.74) is -0.762. The van der Waals surface area contributed by atoms with E-state index in [-0.39, 0.29) is 0 Å². The van der Waals surface area contributed by atoms with Crippen molar-refractivity contribution in [2.45, 2.75) is 45.2 Å². The van der Waals surface area contributed by atoms with Crippen LogP contribution in [0.25, 0.3) is 0 Å². The fourth-order valence-electron chi connectivity index (χ4n) is 2.53. The Morgan fingerprint density at radius 3 is 2.94 bits per heavy atom. The van der Waals surface area contributed by atoms with Crippen molar-refractivity contribution in [3.63, 3.8) is 0 Å². The normalized spacial score (nSPS) is 25.3. The maximum Gasteiger partial charge on any atom is 0.324 e. The van der Waals surface area contributed by atoms with Gasteiger partial charge in [0.25, 0.3) is 0 Å². The number of likely N-dealkylation sites (tertiary alicyclic amines) is 1. The molecular weight excluding hydrogens is 222 g/mol. The van der Waals surface area contributed by atoms with Crippen molar-refractivity contribution in [3.05, 3.63) is 11.7 Å². The predicted octanol–water partition coefficient (Wildman–Crippen LogP) is 1.21. The number of nitrogens with zero attached hydrogens (tertiary/aromatic N) is 3. The monoisotopic (exact) mass is 239 g/mol. The molecule has 6 nitrogen and oxygen atoms in total. The van der Waals surface area contributed by atoms with Gasteiger partial charge < -0.3 is 9.63 Å². The summed E-state index contributed by atoms with van der Waals surface area (Å²) in [5, 5.41) is 13.1. The SMILES string of the molecule is CCC1(C(=O)O)CCCN1Cc1nc(C)no1. The molecule has 0 bridgehead atoms. The smallest absolute Gasteiger partial charge is 0.324 e. The van der Waals surface area contributed by atoms with Gasteiger partial charge in [0, 0.05) is 0 Å². The number of carboxylic acids is 1. The second-order valence-corrected chi connectivity index (χ2v) is 4.45. The Bertz CT molecular complexity index is 418. The van der Waals surface area contributed by atoms with Gasteiger partial charge in [0.2, 0.25) is 5.89 Å². The molecule has 0 radical (unpaired) electrons. The summed E-state index contributed by atoms with van der Waals surface area (Å²) in [6.45, 7) is 4.84. The Morgan fingerprint density at radius 1 is 1.65 bits per heavy atom. The Hall–Kier alpha value is -1.43. The molecule has 1 aromatic rings. The quantitative estimate of drug-likeness (QED) is 0.850. The van der Waals surface area contributed by atoms with Crippen LogP contribution in [0.1, 0.15) is 37.9 Å². The Labute approximate surface area is 99.6 Å². The molecule has 1 aromatic heterocycles. The van der Waals surface area contributed by atoms with Crippen molar-refractivity contribution in [3.8, 4) is 0 Å². The molecule has 0 saturated carbocycles. The van der Waals surface area contributed by atoms with Gasteiger partial charge in [-0.2, -0.15) is 4.98 Å². The number of hydrogen-bond donors (Lipinski definition) is 1. The van der Waals surface area contributed by atoms with Gasteiger partial charge in [-0.05, 0) is 32.7 Å². The van der Waals surface area contributed by atoms with E-state index < -0.39 is 11.5 Å². The second kappa shape index (κ2) is 4.44. The van der Waals surface area contributed by atoms with Crippen LogP contribution < -0.4 is 0 Å².